The maximum Gasteiger partial charge on any atom is 0.330 e. The van der Waals surface area contributed by atoms with Crippen molar-refractivity contribution in [3.63, 3.8) is 0 Å². The number of unbranched alkanes of at least 4 members (excludes halogenated alkanes) is 2. The molecule has 0 spiro atoms. The Labute approximate surface area is 144 Å². The Bertz CT molecular complexity index is 398. The number of esters is 2. The zero-order valence-corrected chi connectivity index (χ0v) is 15.0. The molecule has 0 aliphatic carbocycles. The van der Waals surface area contributed by atoms with E-state index in [9.17, 15) is 14.4 Å². The fourth-order valence-electron chi connectivity index (χ4n) is 1.54. The van der Waals surface area contributed by atoms with E-state index in [-0.39, 0.29) is 12.4 Å². The van der Waals surface area contributed by atoms with E-state index in [0.29, 0.717) is 13.2 Å². The predicted octanol–water partition coefficient (Wildman–Crippen LogP) is 3.51. The second kappa shape index (κ2) is 17.2. The molecule has 0 rings (SSSR count). The molecule has 1 N–H and O–H groups in total. The van der Waals surface area contributed by atoms with Crippen molar-refractivity contribution in [3.05, 3.63) is 24.8 Å². The lowest BCUT2D eigenvalue weighted by molar-refractivity contribution is -0.142. The van der Waals surface area contributed by atoms with Gasteiger partial charge in [0.2, 0.25) is 0 Å². The van der Waals surface area contributed by atoms with Gasteiger partial charge in [0.1, 0.15) is 0 Å². The lowest BCUT2D eigenvalue weighted by Crippen LogP contribution is -2.01. The third-order valence-electron chi connectivity index (χ3n) is 2.69. The van der Waals surface area contributed by atoms with Crippen molar-refractivity contribution in [1.29, 1.82) is 0 Å². The summed E-state index contributed by atoms with van der Waals surface area (Å²) in [5, 5.41) is 8.12. The van der Waals surface area contributed by atoms with Crippen molar-refractivity contribution in [3.8, 4) is 0 Å². The lowest BCUT2D eigenvalue weighted by atomic mass is 10.1. The van der Waals surface area contributed by atoms with Crippen molar-refractivity contribution >= 4 is 17.9 Å². The number of carbonyl (C=O) groups excluding carboxylic acids is 2. The van der Waals surface area contributed by atoms with Gasteiger partial charge in [-0.05, 0) is 19.3 Å². The van der Waals surface area contributed by atoms with Gasteiger partial charge in [0.25, 0.3) is 0 Å². The van der Waals surface area contributed by atoms with E-state index in [4.69, 9.17) is 9.84 Å². The summed E-state index contributed by atoms with van der Waals surface area (Å²) in [4.78, 5) is 31.1. The van der Waals surface area contributed by atoms with Crippen molar-refractivity contribution in [2.24, 2.45) is 5.92 Å². The number of hydrogen-bond acceptors (Lipinski definition) is 5. The van der Waals surface area contributed by atoms with Crippen LogP contribution in [0.15, 0.2) is 24.8 Å². The average molecular weight is 342 g/mol. The predicted molar refractivity (Wildman–Crippen MR) is 92.5 cm³/mol. The van der Waals surface area contributed by atoms with Gasteiger partial charge in [-0.3, -0.25) is 4.79 Å². The molecule has 0 aliphatic rings. The molecule has 0 bridgehead atoms. The molecule has 0 saturated heterocycles. The van der Waals surface area contributed by atoms with E-state index in [1.807, 2.05) is 0 Å². The Kier molecular flexibility index (Phi) is 17.4. The average Bonchev–Trinajstić information content (AvgIpc) is 2.50. The molecule has 0 radical (unpaired) electrons. The third kappa shape index (κ3) is 22.2. The fourth-order valence-corrected chi connectivity index (χ4v) is 1.54. The highest BCUT2D eigenvalue weighted by atomic mass is 16.5. The van der Waals surface area contributed by atoms with Gasteiger partial charge >= 0.3 is 17.9 Å². The summed E-state index contributed by atoms with van der Waals surface area (Å²) in [5.41, 5.74) is 0. The number of carbonyl (C=O) groups is 3. The van der Waals surface area contributed by atoms with Crippen LogP contribution in [-0.4, -0.2) is 36.2 Å². The largest absolute Gasteiger partial charge is 0.478 e. The number of rotatable bonds is 11. The molecule has 0 amide bonds. The summed E-state index contributed by atoms with van der Waals surface area (Å²) in [6, 6.07) is 0. The quantitative estimate of drug-likeness (QED) is 0.351. The second-order valence-electron chi connectivity index (χ2n) is 5.36. The molecule has 0 aliphatic heterocycles. The van der Waals surface area contributed by atoms with E-state index >= 15 is 0 Å². The van der Waals surface area contributed by atoms with Crippen LogP contribution < -0.4 is 0 Å². The summed E-state index contributed by atoms with van der Waals surface area (Å²) < 4.78 is 9.38. The molecule has 0 aromatic rings. The van der Waals surface area contributed by atoms with Gasteiger partial charge in [0, 0.05) is 12.2 Å². The molecule has 0 atom stereocenters. The van der Waals surface area contributed by atoms with Gasteiger partial charge in [-0.25, -0.2) is 9.59 Å². The second-order valence-corrected chi connectivity index (χ2v) is 5.36. The Morgan fingerprint density at radius 2 is 1.79 bits per heavy atom. The number of aliphatic carboxylic acids is 1. The van der Waals surface area contributed by atoms with Gasteiger partial charge in [0.05, 0.1) is 19.6 Å². The van der Waals surface area contributed by atoms with Crippen molar-refractivity contribution in [2.75, 3.05) is 13.2 Å². The number of carboxylic acids is 1. The smallest absolute Gasteiger partial charge is 0.330 e. The maximum absolute atomic E-state index is 10.6. The van der Waals surface area contributed by atoms with E-state index in [0.717, 1.165) is 24.8 Å². The standard InChI is InChI=1S/C11H20O2.C7H10O4/c1-4-11(12)13-9-7-5-6-8-10(2)3;1-2-11-7(10)5-3-4-6(8)9/h4,10H,1,5-9H2,2-3H3;3-4H,2,5H2,1H3,(H,8,9). The summed E-state index contributed by atoms with van der Waals surface area (Å²) >= 11 is 0. The van der Waals surface area contributed by atoms with Gasteiger partial charge in [-0.15, -0.1) is 0 Å². The highest BCUT2D eigenvalue weighted by Crippen LogP contribution is 2.07. The van der Waals surface area contributed by atoms with Gasteiger partial charge in [-0.2, -0.15) is 0 Å². The number of ether oxygens (including phenoxy) is 2. The Morgan fingerprint density at radius 3 is 2.29 bits per heavy atom. The first-order valence-electron chi connectivity index (χ1n) is 8.17. The molecule has 6 heteroatoms. The van der Waals surface area contributed by atoms with E-state index in [2.05, 4.69) is 25.2 Å². The third-order valence-corrected chi connectivity index (χ3v) is 2.69. The maximum atomic E-state index is 10.6. The zero-order valence-electron chi connectivity index (χ0n) is 15.0. The fraction of sp³-hybridized carbons (Fsp3) is 0.611. The first-order valence-corrected chi connectivity index (χ1v) is 8.17. The molecule has 24 heavy (non-hydrogen) atoms. The topological polar surface area (TPSA) is 89.9 Å². The van der Waals surface area contributed by atoms with Crippen LogP contribution in [0.3, 0.4) is 0 Å². The van der Waals surface area contributed by atoms with Crippen molar-refractivity contribution in [1.82, 2.24) is 0 Å². The van der Waals surface area contributed by atoms with Crippen LogP contribution in [0.25, 0.3) is 0 Å². The monoisotopic (exact) mass is 342 g/mol. The van der Waals surface area contributed by atoms with Crippen LogP contribution in [-0.2, 0) is 23.9 Å². The van der Waals surface area contributed by atoms with Crippen LogP contribution in [0.1, 0.15) is 52.9 Å². The molecule has 0 aromatic heterocycles. The van der Waals surface area contributed by atoms with Crippen molar-refractivity contribution < 1.29 is 29.0 Å². The molecule has 0 fully saturated rings. The van der Waals surface area contributed by atoms with Crippen LogP contribution >= 0.6 is 0 Å². The van der Waals surface area contributed by atoms with Crippen LogP contribution in [0.2, 0.25) is 0 Å². The van der Waals surface area contributed by atoms with Crippen molar-refractivity contribution in [2.45, 2.75) is 52.9 Å². The molecule has 138 valence electrons. The summed E-state index contributed by atoms with van der Waals surface area (Å²) in [7, 11) is 0. The number of hydrogen-bond donors (Lipinski definition) is 1. The highest BCUT2D eigenvalue weighted by molar-refractivity contribution is 5.81. The zero-order chi connectivity index (χ0) is 18.8. The van der Waals surface area contributed by atoms with E-state index in [1.54, 1.807) is 6.92 Å². The molecular weight excluding hydrogens is 312 g/mol. The molecule has 6 nitrogen and oxygen atoms in total. The first kappa shape index (κ1) is 24.1. The molecule has 0 saturated carbocycles. The Balaban J connectivity index is 0. The lowest BCUT2D eigenvalue weighted by Gasteiger charge is -2.04. The molecule has 0 aromatic carbocycles. The van der Waals surface area contributed by atoms with E-state index < -0.39 is 11.9 Å². The summed E-state index contributed by atoms with van der Waals surface area (Å²) in [5.74, 6) is -1.01. The Hall–Kier alpha value is -2.11. The van der Waals surface area contributed by atoms with Gasteiger partial charge in [0.15, 0.2) is 0 Å². The van der Waals surface area contributed by atoms with E-state index in [1.165, 1.54) is 25.0 Å². The SMILES string of the molecule is C=CC(=O)OCCCCCC(C)C.CCOC(=O)CC=CC(=O)O. The Morgan fingerprint density at radius 1 is 1.12 bits per heavy atom. The minimum atomic E-state index is -1.06. The van der Waals surface area contributed by atoms with Gasteiger partial charge in [-0.1, -0.05) is 45.8 Å². The minimum absolute atomic E-state index is 0.0140. The molecular formula is C18H30O6. The van der Waals surface area contributed by atoms with Crippen LogP contribution in [0.4, 0.5) is 0 Å². The first-order chi connectivity index (χ1) is 11.3. The summed E-state index contributed by atoms with van der Waals surface area (Å²) in [6.45, 7) is 10.3. The van der Waals surface area contributed by atoms with Crippen LogP contribution in [0.5, 0.6) is 0 Å². The number of carboxylic acid groups (broad SMARTS) is 1. The van der Waals surface area contributed by atoms with Crippen LogP contribution in [0, 0.1) is 5.92 Å². The molecule has 0 unspecified atom stereocenters. The van der Waals surface area contributed by atoms with Gasteiger partial charge < -0.3 is 14.6 Å². The normalized spacial score (nSPS) is 10.0. The summed E-state index contributed by atoms with van der Waals surface area (Å²) in [6.07, 6.45) is 7.97. The minimum Gasteiger partial charge on any atom is -0.478 e. The molecule has 0 heterocycles. The highest BCUT2D eigenvalue weighted by Gasteiger charge is 1.97.